The minimum atomic E-state index is -0.645. The van der Waals surface area contributed by atoms with Crippen LogP contribution in [0.25, 0.3) is 0 Å². The molecule has 0 amide bonds. The van der Waals surface area contributed by atoms with Gasteiger partial charge in [0.2, 0.25) is 0 Å². The van der Waals surface area contributed by atoms with E-state index in [-0.39, 0.29) is 0 Å². The lowest BCUT2D eigenvalue weighted by atomic mass is 10.4. The third-order valence-corrected chi connectivity index (χ3v) is 5.03. The summed E-state index contributed by atoms with van der Waals surface area (Å²) in [6, 6.07) is 10.4. The average Bonchev–Trinajstić information content (AvgIpc) is 2.29. The molecule has 84 valence electrons. The Labute approximate surface area is 99.0 Å². The molecule has 0 bridgehead atoms. The van der Waals surface area contributed by atoms with Crippen LogP contribution in [0.1, 0.15) is 26.7 Å². The molecule has 0 aromatic heterocycles. The molecule has 15 heavy (non-hydrogen) atoms. The van der Waals surface area contributed by atoms with Gasteiger partial charge in [-0.05, 0) is 12.8 Å². The van der Waals surface area contributed by atoms with Crippen LogP contribution in [0.5, 0.6) is 0 Å². The second-order valence-electron chi connectivity index (χ2n) is 3.55. The van der Waals surface area contributed by atoms with Crippen molar-refractivity contribution in [3.8, 4) is 0 Å². The van der Waals surface area contributed by atoms with Gasteiger partial charge in [0, 0.05) is 18.4 Å². The fourth-order valence-corrected chi connectivity index (χ4v) is 3.81. The number of nitrogens with zero attached hydrogens (tertiary/aromatic N) is 1. The van der Waals surface area contributed by atoms with E-state index in [0.717, 1.165) is 13.1 Å². The van der Waals surface area contributed by atoms with Crippen molar-refractivity contribution in [2.45, 2.75) is 26.7 Å². The molecule has 0 aliphatic rings. The van der Waals surface area contributed by atoms with Crippen LogP contribution >= 0.6 is 18.7 Å². The van der Waals surface area contributed by atoms with Gasteiger partial charge >= 0.3 is 0 Å². The van der Waals surface area contributed by atoms with Crippen molar-refractivity contribution in [1.82, 2.24) is 4.67 Å². The second-order valence-corrected chi connectivity index (χ2v) is 6.11. The highest BCUT2D eigenvalue weighted by Gasteiger charge is 2.15. The third-order valence-electron chi connectivity index (χ3n) is 2.18. The summed E-state index contributed by atoms with van der Waals surface area (Å²) >= 11 is 6.52. The first kappa shape index (κ1) is 13.0. The van der Waals surface area contributed by atoms with Gasteiger partial charge in [0.05, 0.1) is 7.43 Å². The minimum Gasteiger partial charge on any atom is -0.266 e. The van der Waals surface area contributed by atoms with E-state index in [9.17, 15) is 0 Å². The number of halogens is 1. The standard InChI is InChI=1S/C12H19ClNP/c1-3-10-14(11-4-2)15(13)12-8-6-5-7-9-12/h5-9H,3-4,10-11H2,1-2H3. The summed E-state index contributed by atoms with van der Waals surface area (Å²) in [7, 11) is -0.645. The van der Waals surface area contributed by atoms with Gasteiger partial charge in [-0.25, -0.2) is 0 Å². The molecule has 0 fully saturated rings. The highest BCUT2D eigenvalue weighted by molar-refractivity contribution is 7.88. The molecule has 0 N–H and O–H groups in total. The summed E-state index contributed by atoms with van der Waals surface area (Å²) in [6.07, 6.45) is 2.33. The Morgan fingerprint density at radius 2 is 1.60 bits per heavy atom. The lowest BCUT2D eigenvalue weighted by Gasteiger charge is -2.26. The van der Waals surface area contributed by atoms with Crippen molar-refractivity contribution in [3.63, 3.8) is 0 Å². The first-order chi connectivity index (χ1) is 7.29. The molecule has 0 heterocycles. The maximum Gasteiger partial charge on any atom is 0.0945 e. The van der Waals surface area contributed by atoms with Gasteiger partial charge in [-0.1, -0.05) is 55.4 Å². The Bertz CT molecular complexity index is 260. The number of hydrogen-bond acceptors (Lipinski definition) is 1. The Morgan fingerprint density at radius 3 is 2.07 bits per heavy atom. The third kappa shape index (κ3) is 4.10. The molecule has 0 spiro atoms. The molecular weight excluding hydrogens is 225 g/mol. The maximum atomic E-state index is 6.52. The summed E-state index contributed by atoms with van der Waals surface area (Å²) in [5, 5.41) is 1.26. The molecule has 1 rings (SSSR count). The Morgan fingerprint density at radius 1 is 1.07 bits per heavy atom. The van der Waals surface area contributed by atoms with Crippen LogP contribution in [-0.4, -0.2) is 17.8 Å². The first-order valence-electron chi connectivity index (χ1n) is 5.55. The van der Waals surface area contributed by atoms with Crippen molar-refractivity contribution in [2.24, 2.45) is 0 Å². The van der Waals surface area contributed by atoms with E-state index in [1.807, 2.05) is 6.07 Å². The Hall–Kier alpha value is -0.100. The van der Waals surface area contributed by atoms with E-state index >= 15 is 0 Å². The van der Waals surface area contributed by atoms with Crippen LogP contribution in [0.4, 0.5) is 0 Å². The molecule has 0 aliphatic heterocycles. The van der Waals surface area contributed by atoms with Gasteiger partial charge in [-0.3, -0.25) is 4.67 Å². The van der Waals surface area contributed by atoms with Crippen LogP contribution in [0.15, 0.2) is 30.3 Å². The van der Waals surface area contributed by atoms with Gasteiger partial charge in [0.15, 0.2) is 0 Å². The molecule has 0 aliphatic carbocycles. The van der Waals surface area contributed by atoms with Crippen molar-refractivity contribution in [1.29, 1.82) is 0 Å². The van der Waals surface area contributed by atoms with Gasteiger partial charge < -0.3 is 0 Å². The zero-order chi connectivity index (χ0) is 11.1. The molecule has 1 aromatic carbocycles. The van der Waals surface area contributed by atoms with E-state index in [1.165, 1.54) is 18.1 Å². The smallest absolute Gasteiger partial charge is 0.0945 e. The van der Waals surface area contributed by atoms with Crippen LogP contribution < -0.4 is 5.30 Å². The summed E-state index contributed by atoms with van der Waals surface area (Å²) in [4.78, 5) is 0. The van der Waals surface area contributed by atoms with E-state index in [0.29, 0.717) is 0 Å². The van der Waals surface area contributed by atoms with E-state index < -0.39 is 7.43 Å². The summed E-state index contributed by atoms with van der Waals surface area (Å²) in [5.41, 5.74) is 0. The largest absolute Gasteiger partial charge is 0.266 e. The van der Waals surface area contributed by atoms with Crippen LogP contribution in [0, 0.1) is 0 Å². The summed E-state index contributed by atoms with van der Waals surface area (Å²) in [6.45, 7) is 6.59. The van der Waals surface area contributed by atoms with Crippen LogP contribution in [0.3, 0.4) is 0 Å². The summed E-state index contributed by atoms with van der Waals surface area (Å²) in [5.74, 6) is 0. The van der Waals surface area contributed by atoms with Crippen LogP contribution in [0.2, 0.25) is 0 Å². The van der Waals surface area contributed by atoms with Crippen molar-refractivity contribution < 1.29 is 0 Å². The lowest BCUT2D eigenvalue weighted by Crippen LogP contribution is -2.22. The van der Waals surface area contributed by atoms with Gasteiger partial charge in [0.1, 0.15) is 0 Å². The zero-order valence-corrected chi connectivity index (χ0v) is 11.1. The van der Waals surface area contributed by atoms with Crippen LogP contribution in [-0.2, 0) is 0 Å². The Balaban J connectivity index is 2.67. The number of hydrogen-bond donors (Lipinski definition) is 0. The highest BCUT2D eigenvalue weighted by atomic mass is 35.7. The maximum absolute atomic E-state index is 6.52. The SMILES string of the molecule is CCCN(CCC)P(Cl)c1ccccc1. The minimum absolute atomic E-state index is 0.645. The average molecular weight is 244 g/mol. The molecule has 0 radical (unpaired) electrons. The van der Waals surface area contributed by atoms with E-state index in [1.54, 1.807) is 0 Å². The van der Waals surface area contributed by atoms with Gasteiger partial charge in [-0.15, -0.1) is 0 Å². The normalized spacial score (nSPS) is 13.1. The topological polar surface area (TPSA) is 3.24 Å². The first-order valence-corrected chi connectivity index (χ1v) is 7.75. The molecule has 1 unspecified atom stereocenters. The quantitative estimate of drug-likeness (QED) is 0.683. The van der Waals surface area contributed by atoms with Gasteiger partial charge in [0.25, 0.3) is 0 Å². The fourth-order valence-electron chi connectivity index (χ4n) is 1.52. The molecular formula is C12H19ClNP. The zero-order valence-electron chi connectivity index (χ0n) is 9.49. The predicted molar refractivity (Wildman–Crippen MR) is 71.0 cm³/mol. The van der Waals surface area contributed by atoms with E-state index in [4.69, 9.17) is 11.2 Å². The highest BCUT2D eigenvalue weighted by Crippen LogP contribution is 2.44. The van der Waals surface area contributed by atoms with E-state index in [2.05, 4.69) is 42.8 Å². The second kappa shape index (κ2) is 7.22. The Kier molecular flexibility index (Phi) is 6.24. The predicted octanol–water partition coefficient (Wildman–Crippen LogP) is 3.98. The molecule has 1 aromatic rings. The van der Waals surface area contributed by atoms with Gasteiger partial charge in [-0.2, -0.15) is 0 Å². The number of benzene rings is 1. The lowest BCUT2D eigenvalue weighted by molar-refractivity contribution is 0.460. The van der Waals surface area contributed by atoms with Crippen molar-refractivity contribution >= 4 is 24.0 Å². The van der Waals surface area contributed by atoms with Crippen molar-refractivity contribution in [3.05, 3.63) is 30.3 Å². The molecule has 3 heteroatoms. The molecule has 0 saturated carbocycles. The summed E-state index contributed by atoms with van der Waals surface area (Å²) < 4.78 is 2.40. The molecule has 0 saturated heterocycles. The monoisotopic (exact) mass is 243 g/mol. The van der Waals surface area contributed by atoms with Crippen molar-refractivity contribution in [2.75, 3.05) is 13.1 Å². The molecule has 1 atom stereocenters. The fraction of sp³-hybridized carbons (Fsp3) is 0.500. The molecule has 1 nitrogen and oxygen atoms in total. The number of rotatable bonds is 6.